The van der Waals surface area contributed by atoms with Gasteiger partial charge in [0, 0.05) is 30.0 Å². The van der Waals surface area contributed by atoms with E-state index in [0.717, 1.165) is 17.7 Å². The molecule has 29 heavy (non-hydrogen) atoms. The zero-order valence-electron chi connectivity index (χ0n) is 17.3. The van der Waals surface area contributed by atoms with Crippen molar-refractivity contribution in [1.29, 1.82) is 0 Å². The zero-order chi connectivity index (χ0) is 21.4. The van der Waals surface area contributed by atoms with Gasteiger partial charge in [0.05, 0.1) is 0 Å². The Morgan fingerprint density at radius 2 is 1.48 bits per heavy atom. The highest BCUT2D eigenvalue weighted by molar-refractivity contribution is 5.97. The van der Waals surface area contributed by atoms with Crippen LogP contribution in [0.4, 0.5) is 21.9 Å². The predicted molar refractivity (Wildman–Crippen MR) is 116 cm³/mol. The van der Waals surface area contributed by atoms with E-state index in [1.807, 2.05) is 45.0 Å². The van der Waals surface area contributed by atoms with Crippen LogP contribution in [0.25, 0.3) is 0 Å². The lowest BCUT2D eigenvalue weighted by Crippen LogP contribution is -2.37. The van der Waals surface area contributed by atoms with Crippen LogP contribution in [0.3, 0.4) is 0 Å². The Bertz CT molecular complexity index is 863. The molecule has 0 saturated heterocycles. The molecule has 0 saturated carbocycles. The van der Waals surface area contributed by atoms with E-state index in [2.05, 4.69) is 16.0 Å². The molecule has 2 aromatic carbocycles. The van der Waals surface area contributed by atoms with Crippen LogP contribution in [0.2, 0.25) is 0 Å². The van der Waals surface area contributed by atoms with Crippen molar-refractivity contribution in [3.63, 3.8) is 0 Å². The molecule has 0 atom stereocenters. The average molecular weight is 396 g/mol. The van der Waals surface area contributed by atoms with Crippen molar-refractivity contribution in [2.75, 3.05) is 29.5 Å². The fourth-order valence-electron chi connectivity index (χ4n) is 2.57. The Morgan fingerprint density at radius 3 is 2.07 bits per heavy atom. The van der Waals surface area contributed by atoms with E-state index in [1.165, 1.54) is 4.90 Å². The SMILES string of the molecule is CCc1ccccc1NC(=O)CN(C)C(=O)Nc1ccc(NC(=O)C(C)C)cc1. The number of aryl methyl sites for hydroxylation is 1. The minimum absolute atomic E-state index is 0.0721. The van der Waals surface area contributed by atoms with Crippen LogP contribution < -0.4 is 16.0 Å². The summed E-state index contributed by atoms with van der Waals surface area (Å²) in [5, 5.41) is 8.36. The summed E-state index contributed by atoms with van der Waals surface area (Å²) in [7, 11) is 1.55. The second kappa shape index (κ2) is 10.3. The molecule has 0 radical (unpaired) electrons. The van der Waals surface area contributed by atoms with E-state index in [9.17, 15) is 14.4 Å². The summed E-state index contributed by atoms with van der Waals surface area (Å²) in [5.41, 5.74) is 3.02. The van der Waals surface area contributed by atoms with E-state index < -0.39 is 6.03 Å². The van der Waals surface area contributed by atoms with Crippen LogP contribution in [-0.4, -0.2) is 36.3 Å². The molecule has 2 aromatic rings. The summed E-state index contributed by atoms with van der Waals surface area (Å²) in [6.45, 7) is 5.57. The molecular weight excluding hydrogens is 368 g/mol. The van der Waals surface area contributed by atoms with Crippen molar-refractivity contribution >= 4 is 34.9 Å². The molecule has 0 aliphatic carbocycles. The van der Waals surface area contributed by atoms with Crippen LogP contribution in [-0.2, 0) is 16.0 Å². The van der Waals surface area contributed by atoms with Crippen molar-refractivity contribution in [2.24, 2.45) is 5.92 Å². The Hall–Kier alpha value is -3.35. The number of hydrogen-bond donors (Lipinski definition) is 3. The Balaban J connectivity index is 1.88. The van der Waals surface area contributed by atoms with Gasteiger partial charge in [-0.1, -0.05) is 39.0 Å². The van der Waals surface area contributed by atoms with Crippen molar-refractivity contribution < 1.29 is 14.4 Å². The fraction of sp³-hybridized carbons (Fsp3) is 0.318. The Labute approximate surface area is 171 Å². The van der Waals surface area contributed by atoms with Crippen molar-refractivity contribution in [2.45, 2.75) is 27.2 Å². The molecule has 0 aromatic heterocycles. The van der Waals surface area contributed by atoms with E-state index in [0.29, 0.717) is 11.4 Å². The molecule has 0 aliphatic rings. The summed E-state index contributed by atoms with van der Waals surface area (Å²) in [6, 6.07) is 14.0. The third-order valence-corrected chi connectivity index (χ3v) is 4.33. The largest absolute Gasteiger partial charge is 0.326 e. The predicted octanol–water partition coefficient (Wildman–Crippen LogP) is 3.95. The minimum Gasteiger partial charge on any atom is -0.326 e. The zero-order valence-corrected chi connectivity index (χ0v) is 17.3. The number of amides is 4. The number of rotatable bonds is 7. The number of likely N-dealkylation sites (N-methyl/N-ethyl adjacent to an activating group) is 1. The second-order valence-electron chi connectivity index (χ2n) is 7.07. The van der Waals surface area contributed by atoms with Gasteiger partial charge in [-0.3, -0.25) is 9.59 Å². The van der Waals surface area contributed by atoms with Gasteiger partial charge < -0.3 is 20.9 Å². The molecule has 0 heterocycles. The van der Waals surface area contributed by atoms with E-state index in [1.54, 1.807) is 31.3 Å². The molecule has 7 heteroatoms. The number of nitrogens with zero attached hydrogens (tertiary/aromatic N) is 1. The molecule has 0 spiro atoms. The minimum atomic E-state index is -0.400. The normalized spacial score (nSPS) is 10.4. The lowest BCUT2D eigenvalue weighted by Gasteiger charge is -2.18. The first-order chi connectivity index (χ1) is 13.8. The maximum atomic E-state index is 12.3. The molecule has 0 bridgehead atoms. The van der Waals surface area contributed by atoms with Crippen molar-refractivity contribution in [3.05, 3.63) is 54.1 Å². The highest BCUT2D eigenvalue weighted by atomic mass is 16.2. The number of carbonyl (C=O) groups excluding carboxylic acids is 3. The number of benzene rings is 2. The molecule has 7 nitrogen and oxygen atoms in total. The molecule has 0 fully saturated rings. The molecule has 0 aliphatic heterocycles. The highest BCUT2D eigenvalue weighted by Crippen LogP contribution is 2.16. The molecule has 2 rings (SSSR count). The number of anilines is 3. The maximum absolute atomic E-state index is 12.3. The number of para-hydroxylation sites is 1. The van der Waals surface area contributed by atoms with Gasteiger partial charge >= 0.3 is 6.03 Å². The number of carbonyl (C=O) groups is 3. The quantitative estimate of drug-likeness (QED) is 0.662. The summed E-state index contributed by atoms with van der Waals surface area (Å²) < 4.78 is 0. The lowest BCUT2D eigenvalue weighted by molar-refractivity contribution is -0.119. The van der Waals surface area contributed by atoms with E-state index in [4.69, 9.17) is 0 Å². The monoisotopic (exact) mass is 396 g/mol. The van der Waals surface area contributed by atoms with Gasteiger partial charge in [-0.2, -0.15) is 0 Å². The van der Waals surface area contributed by atoms with Gasteiger partial charge in [-0.15, -0.1) is 0 Å². The van der Waals surface area contributed by atoms with Crippen LogP contribution in [0.15, 0.2) is 48.5 Å². The molecule has 4 amide bonds. The number of hydrogen-bond acceptors (Lipinski definition) is 3. The summed E-state index contributed by atoms with van der Waals surface area (Å²) in [5.74, 6) is -0.453. The number of nitrogens with one attached hydrogen (secondary N) is 3. The summed E-state index contributed by atoms with van der Waals surface area (Å²) in [6.07, 6.45) is 0.806. The standard InChI is InChI=1S/C22H28N4O3/c1-5-16-8-6-7-9-19(16)25-20(27)14-26(4)22(29)24-18-12-10-17(11-13-18)23-21(28)15(2)3/h6-13,15H,5,14H2,1-4H3,(H,23,28)(H,24,29)(H,25,27). The first-order valence-electron chi connectivity index (χ1n) is 9.61. The van der Waals surface area contributed by atoms with Crippen LogP contribution in [0.1, 0.15) is 26.3 Å². The third-order valence-electron chi connectivity index (χ3n) is 4.33. The smallest absolute Gasteiger partial charge is 0.322 e. The van der Waals surface area contributed by atoms with Gasteiger partial charge in [-0.05, 0) is 42.3 Å². The van der Waals surface area contributed by atoms with E-state index in [-0.39, 0.29) is 24.3 Å². The molecule has 0 unspecified atom stereocenters. The van der Waals surface area contributed by atoms with Crippen LogP contribution in [0, 0.1) is 5.92 Å². The summed E-state index contributed by atoms with van der Waals surface area (Å²) in [4.78, 5) is 37.6. The summed E-state index contributed by atoms with van der Waals surface area (Å²) >= 11 is 0. The Morgan fingerprint density at radius 1 is 0.897 bits per heavy atom. The molecule has 154 valence electrons. The van der Waals surface area contributed by atoms with Crippen LogP contribution in [0.5, 0.6) is 0 Å². The van der Waals surface area contributed by atoms with Gasteiger partial charge in [0.2, 0.25) is 11.8 Å². The second-order valence-corrected chi connectivity index (χ2v) is 7.07. The first kappa shape index (κ1) is 21.9. The number of urea groups is 1. The molecular formula is C22H28N4O3. The maximum Gasteiger partial charge on any atom is 0.322 e. The topological polar surface area (TPSA) is 90.5 Å². The third kappa shape index (κ3) is 6.64. The molecule has 3 N–H and O–H groups in total. The van der Waals surface area contributed by atoms with Gasteiger partial charge in [0.25, 0.3) is 0 Å². The van der Waals surface area contributed by atoms with Crippen molar-refractivity contribution in [3.8, 4) is 0 Å². The Kier molecular flexibility index (Phi) is 7.77. The first-order valence-corrected chi connectivity index (χ1v) is 9.61. The fourth-order valence-corrected chi connectivity index (χ4v) is 2.57. The van der Waals surface area contributed by atoms with E-state index >= 15 is 0 Å². The average Bonchev–Trinajstić information content (AvgIpc) is 2.69. The van der Waals surface area contributed by atoms with Gasteiger partial charge in [0.1, 0.15) is 6.54 Å². The van der Waals surface area contributed by atoms with Crippen molar-refractivity contribution in [1.82, 2.24) is 4.90 Å². The van der Waals surface area contributed by atoms with Crippen LogP contribution >= 0.6 is 0 Å². The van der Waals surface area contributed by atoms with Gasteiger partial charge in [0.15, 0.2) is 0 Å². The highest BCUT2D eigenvalue weighted by Gasteiger charge is 2.14. The lowest BCUT2D eigenvalue weighted by atomic mass is 10.1. The van der Waals surface area contributed by atoms with Gasteiger partial charge in [-0.25, -0.2) is 4.79 Å².